The average molecular weight is 348 g/mol. The standard InChI is InChI=1S/C19H26BFO4/c1-17(2)18(3,4)25-20(24-17)14-11-13-5-7-19(22-9-10-23-19)8-6-15(13)16(21)12-14/h11-12H,5-10H2,1-4H3. The third-order valence-electron chi connectivity index (χ3n) is 6.18. The maximum atomic E-state index is 14.8. The molecule has 2 aliphatic heterocycles. The maximum Gasteiger partial charge on any atom is 0.494 e. The molecule has 2 saturated heterocycles. The molecule has 1 aliphatic carbocycles. The van der Waals surface area contributed by atoms with Gasteiger partial charge in [0.25, 0.3) is 0 Å². The molecule has 3 aliphatic rings. The summed E-state index contributed by atoms with van der Waals surface area (Å²) in [6.45, 7) is 9.27. The first-order valence-electron chi connectivity index (χ1n) is 9.16. The maximum absolute atomic E-state index is 14.8. The summed E-state index contributed by atoms with van der Waals surface area (Å²) in [6, 6.07) is 3.60. The summed E-state index contributed by atoms with van der Waals surface area (Å²) in [5.74, 6) is -0.715. The van der Waals surface area contributed by atoms with E-state index in [9.17, 15) is 4.39 Å². The van der Waals surface area contributed by atoms with Gasteiger partial charge < -0.3 is 18.8 Å². The van der Waals surface area contributed by atoms with Crippen LogP contribution in [0, 0.1) is 5.82 Å². The molecule has 0 saturated carbocycles. The van der Waals surface area contributed by atoms with Crippen LogP contribution in [0.2, 0.25) is 0 Å². The normalized spacial score (nSPS) is 26.7. The Morgan fingerprint density at radius 1 is 0.920 bits per heavy atom. The van der Waals surface area contributed by atoms with Gasteiger partial charge in [0.15, 0.2) is 5.79 Å². The summed E-state index contributed by atoms with van der Waals surface area (Å²) in [5.41, 5.74) is 1.67. The minimum Gasteiger partial charge on any atom is -0.399 e. The van der Waals surface area contributed by atoms with Crippen molar-refractivity contribution in [2.75, 3.05) is 13.2 Å². The van der Waals surface area contributed by atoms with Crippen LogP contribution in [0.25, 0.3) is 0 Å². The Labute approximate surface area is 149 Å². The summed E-state index contributed by atoms with van der Waals surface area (Å²) in [6.07, 6.45) is 2.82. The molecule has 4 rings (SSSR count). The van der Waals surface area contributed by atoms with E-state index in [2.05, 4.69) is 0 Å². The zero-order valence-electron chi connectivity index (χ0n) is 15.5. The van der Waals surface area contributed by atoms with Crippen molar-refractivity contribution in [2.24, 2.45) is 0 Å². The lowest BCUT2D eigenvalue weighted by Crippen LogP contribution is -2.41. The molecule has 0 amide bonds. The van der Waals surface area contributed by atoms with Crippen molar-refractivity contribution in [3.8, 4) is 0 Å². The number of hydrogen-bond donors (Lipinski definition) is 0. The molecule has 0 N–H and O–H groups in total. The van der Waals surface area contributed by atoms with E-state index >= 15 is 0 Å². The molecule has 1 aromatic rings. The Morgan fingerprint density at radius 2 is 1.52 bits per heavy atom. The molecule has 0 atom stereocenters. The second-order valence-electron chi connectivity index (χ2n) is 8.34. The van der Waals surface area contributed by atoms with Gasteiger partial charge in [-0.15, -0.1) is 0 Å². The second-order valence-corrected chi connectivity index (χ2v) is 8.34. The minimum atomic E-state index is -0.541. The van der Waals surface area contributed by atoms with Gasteiger partial charge in [0.2, 0.25) is 0 Å². The molecule has 0 unspecified atom stereocenters. The minimum absolute atomic E-state index is 0.183. The molecule has 1 aromatic carbocycles. The number of aryl methyl sites for hydroxylation is 1. The molecular weight excluding hydrogens is 322 g/mol. The summed E-state index contributed by atoms with van der Waals surface area (Å²) in [4.78, 5) is 0. The molecular formula is C19H26BFO4. The van der Waals surface area contributed by atoms with Crippen molar-refractivity contribution in [3.63, 3.8) is 0 Å². The Balaban J connectivity index is 1.62. The van der Waals surface area contributed by atoms with Gasteiger partial charge in [-0.1, -0.05) is 6.07 Å². The monoisotopic (exact) mass is 348 g/mol. The van der Waals surface area contributed by atoms with Crippen molar-refractivity contribution >= 4 is 12.6 Å². The highest BCUT2D eigenvalue weighted by Crippen LogP contribution is 2.38. The van der Waals surface area contributed by atoms with Gasteiger partial charge in [-0.25, -0.2) is 4.39 Å². The Hall–Kier alpha value is -0.945. The number of halogens is 1. The van der Waals surface area contributed by atoms with E-state index in [-0.39, 0.29) is 5.82 Å². The molecule has 4 nitrogen and oxygen atoms in total. The summed E-state index contributed by atoms with van der Waals surface area (Å²) >= 11 is 0. The third kappa shape index (κ3) is 2.93. The average Bonchev–Trinajstić information content (AvgIpc) is 3.00. The molecule has 25 heavy (non-hydrogen) atoms. The quantitative estimate of drug-likeness (QED) is 0.732. The molecule has 2 heterocycles. The van der Waals surface area contributed by atoms with Gasteiger partial charge in [-0.05, 0) is 63.2 Å². The number of rotatable bonds is 1. The Bertz CT molecular complexity index is 666. The van der Waals surface area contributed by atoms with Crippen LogP contribution < -0.4 is 5.46 Å². The van der Waals surface area contributed by atoms with Gasteiger partial charge >= 0.3 is 7.12 Å². The summed E-state index contributed by atoms with van der Waals surface area (Å²) < 4.78 is 38.6. The second kappa shape index (κ2) is 5.78. The predicted octanol–water partition coefficient (Wildman–Crippen LogP) is 2.75. The van der Waals surface area contributed by atoms with Crippen LogP contribution in [0.1, 0.15) is 51.7 Å². The van der Waals surface area contributed by atoms with Gasteiger partial charge in [-0.3, -0.25) is 0 Å². The van der Waals surface area contributed by atoms with Gasteiger partial charge in [0.05, 0.1) is 24.4 Å². The molecule has 6 heteroatoms. The van der Waals surface area contributed by atoms with Crippen molar-refractivity contribution in [3.05, 3.63) is 29.1 Å². The van der Waals surface area contributed by atoms with E-state index in [0.717, 1.165) is 29.4 Å². The van der Waals surface area contributed by atoms with E-state index in [1.165, 1.54) is 0 Å². The summed E-state index contributed by atoms with van der Waals surface area (Å²) in [7, 11) is -0.541. The lowest BCUT2D eigenvalue weighted by molar-refractivity contribution is -0.164. The molecule has 2 fully saturated rings. The van der Waals surface area contributed by atoms with Gasteiger partial charge in [0, 0.05) is 12.8 Å². The predicted molar refractivity (Wildman–Crippen MR) is 93.4 cm³/mol. The fourth-order valence-corrected chi connectivity index (χ4v) is 3.89. The van der Waals surface area contributed by atoms with Crippen molar-refractivity contribution in [1.82, 2.24) is 0 Å². The van der Waals surface area contributed by atoms with Crippen LogP contribution in [0.5, 0.6) is 0 Å². The van der Waals surface area contributed by atoms with Gasteiger partial charge in [0.1, 0.15) is 5.82 Å². The number of benzene rings is 1. The highest BCUT2D eigenvalue weighted by atomic mass is 19.1. The number of ether oxygens (including phenoxy) is 2. The SMILES string of the molecule is CC1(C)OB(c2cc(F)c3c(c2)CCC2(CC3)OCCO2)OC1(C)C. The van der Waals surface area contributed by atoms with Crippen LogP contribution in [0.15, 0.2) is 12.1 Å². The molecule has 136 valence electrons. The Morgan fingerprint density at radius 3 is 2.16 bits per heavy atom. The van der Waals surface area contributed by atoms with E-state index in [1.54, 1.807) is 6.07 Å². The van der Waals surface area contributed by atoms with Crippen LogP contribution in [-0.4, -0.2) is 37.3 Å². The third-order valence-corrected chi connectivity index (χ3v) is 6.18. The Kier molecular flexibility index (Phi) is 4.04. The molecule has 0 aromatic heterocycles. The lowest BCUT2D eigenvalue weighted by Gasteiger charge is -2.32. The molecule has 0 radical (unpaired) electrons. The lowest BCUT2D eigenvalue weighted by atomic mass is 9.77. The van der Waals surface area contributed by atoms with Crippen molar-refractivity contribution in [2.45, 2.75) is 70.4 Å². The summed E-state index contributed by atoms with van der Waals surface area (Å²) in [5, 5.41) is 0. The highest BCUT2D eigenvalue weighted by molar-refractivity contribution is 6.62. The van der Waals surface area contributed by atoms with E-state index in [4.69, 9.17) is 18.8 Å². The van der Waals surface area contributed by atoms with Gasteiger partial charge in [-0.2, -0.15) is 0 Å². The first kappa shape index (κ1) is 17.5. The highest BCUT2D eigenvalue weighted by Gasteiger charge is 2.52. The largest absolute Gasteiger partial charge is 0.494 e. The molecule has 1 spiro atoms. The van der Waals surface area contributed by atoms with Crippen LogP contribution in [0.3, 0.4) is 0 Å². The van der Waals surface area contributed by atoms with Crippen molar-refractivity contribution < 1.29 is 23.2 Å². The topological polar surface area (TPSA) is 36.9 Å². The molecule has 0 bridgehead atoms. The van der Waals surface area contributed by atoms with E-state index in [1.807, 2.05) is 33.8 Å². The first-order chi connectivity index (χ1) is 11.7. The fraction of sp³-hybridized carbons (Fsp3) is 0.684. The number of hydrogen-bond acceptors (Lipinski definition) is 4. The van der Waals surface area contributed by atoms with E-state index < -0.39 is 24.1 Å². The fourth-order valence-electron chi connectivity index (χ4n) is 3.89. The van der Waals surface area contributed by atoms with Crippen LogP contribution >= 0.6 is 0 Å². The van der Waals surface area contributed by atoms with E-state index in [0.29, 0.717) is 26.1 Å². The van der Waals surface area contributed by atoms with Crippen LogP contribution in [0.4, 0.5) is 4.39 Å². The zero-order valence-corrected chi connectivity index (χ0v) is 15.5. The smallest absolute Gasteiger partial charge is 0.399 e. The van der Waals surface area contributed by atoms with Crippen molar-refractivity contribution in [1.29, 1.82) is 0 Å². The van der Waals surface area contributed by atoms with Crippen LogP contribution in [-0.2, 0) is 31.6 Å². The zero-order chi connectivity index (χ0) is 17.9. The number of fused-ring (bicyclic) bond motifs is 1. The first-order valence-corrected chi connectivity index (χ1v) is 9.16.